The van der Waals surface area contributed by atoms with Gasteiger partial charge in [-0.15, -0.1) is 0 Å². The number of hydrogen-bond acceptors (Lipinski definition) is 4. The summed E-state index contributed by atoms with van der Waals surface area (Å²) in [5.41, 5.74) is -0.421. The number of ether oxygens (including phenoxy) is 1. The molecule has 1 saturated heterocycles. The van der Waals surface area contributed by atoms with Crippen molar-refractivity contribution >= 4 is 17.9 Å². The zero-order valence-electron chi connectivity index (χ0n) is 9.63. The summed E-state index contributed by atoms with van der Waals surface area (Å²) in [6, 6.07) is 0.173. The Morgan fingerprint density at radius 2 is 2.27 bits per heavy atom. The fourth-order valence-corrected chi connectivity index (χ4v) is 2.21. The molecule has 0 radical (unpaired) electrons. The number of hydrogen-bond donors (Lipinski definition) is 2. The van der Waals surface area contributed by atoms with Gasteiger partial charge in [0.2, 0.25) is 0 Å². The molecule has 5 heteroatoms. The molecule has 0 aromatic rings. The maximum Gasteiger partial charge on any atom is 0.407 e. The number of carbonyl (C=O) groups excluding carboxylic acids is 1. The van der Waals surface area contributed by atoms with Gasteiger partial charge in [-0.1, -0.05) is 0 Å². The second-order valence-electron chi connectivity index (χ2n) is 4.62. The van der Waals surface area contributed by atoms with E-state index < -0.39 is 5.60 Å². The van der Waals surface area contributed by atoms with Crippen LogP contribution in [0.1, 0.15) is 20.8 Å². The largest absolute Gasteiger partial charge is 0.444 e. The average molecular weight is 232 g/mol. The number of carbonyl (C=O) groups is 1. The lowest BCUT2D eigenvalue weighted by molar-refractivity contribution is 0.0510. The van der Waals surface area contributed by atoms with E-state index in [1.807, 2.05) is 32.5 Å². The van der Waals surface area contributed by atoms with Gasteiger partial charge in [0.05, 0.1) is 6.04 Å². The number of amides is 1. The molecular weight excluding hydrogens is 212 g/mol. The molecule has 1 amide bonds. The van der Waals surface area contributed by atoms with Crippen LogP contribution in [0.2, 0.25) is 0 Å². The molecule has 2 N–H and O–H groups in total. The molecule has 1 heterocycles. The highest BCUT2D eigenvalue weighted by atomic mass is 32.2. The first-order valence-corrected chi connectivity index (χ1v) is 6.41. The molecule has 15 heavy (non-hydrogen) atoms. The Hall–Kier alpha value is -0.420. The van der Waals surface area contributed by atoms with Crippen LogP contribution in [0.5, 0.6) is 0 Å². The number of thioether (sulfide) groups is 1. The lowest BCUT2D eigenvalue weighted by Gasteiger charge is -2.22. The van der Waals surface area contributed by atoms with Gasteiger partial charge in [0.1, 0.15) is 5.60 Å². The first kappa shape index (κ1) is 12.6. The van der Waals surface area contributed by atoms with E-state index in [0.29, 0.717) is 0 Å². The van der Waals surface area contributed by atoms with Gasteiger partial charge >= 0.3 is 6.09 Å². The van der Waals surface area contributed by atoms with Gasteiger partial charge in [-0.05, 0) is 20.8 Å². The van der Waals surface area contributed by atoms with E-state index in [4.69, 9.17) is 4.74 Å². The molecule has 1 rings (SSSR count). The van der Waals surface area contributed by atoms with Crippen molar-refractivity contribution in [1.82, 2.24) is 10.6 Å². The maximum atomic E-state index is 11.5. The Morgan fingerprint density at radius 1 is 1.53 bits per heavy atom. The predicted molar refractivity (Wildman–Crippen MR) is 63.4 cm³/mol. The van der Waals surface area contributed by atoms with Crippen LogP contribution in [-0.2, 0) is 4.74 Å². The summed E-state index contributed by atoms with van der Waals surface area (Å²) in [6.07, 6.45) is -0.322. The van der Waals surface area contributed by atoms with Crippen molar-refractivity contribution < 1.29 is 9.53 Å². The fourth-order valence-electron chi connectivity index (χ4n) is 1.27. The van der Waals surface area contributed by atoms with Crippen molar-refractivity contribution in [3.63, 3.8) is 0 Å². The van der Waals surface area contributed by atoms with E-state index in [9.17, 15) is 4.79 Å². The van der Waals surface area contributed by atoms with Crippen LogP contribution in [0.3, 0.4) is 0 Å². The third-order valence-corrected chi connectivity index (χ3v) is 2.98. The molecule has 0 spiro atoms. The van der Waals surface area contributed by atoms with Gasteiger partial charge in [0.25, 0.3) is 0 Å². The molecule has 88 valence electrons. The Kier molecular flexibility index (Phi) is 4.73. The van der Waals surface area contributed by atoms with Crippen molar-refractivity contribution in [1.29, 1.82) is 0 Å². The Labute approximate surface area is 95.5 Å². The van der Waals surface area contributed by atoms with Gasteiger partial charge in [-0.25, -0.2) is 4.79 Å². The van der Waals surface area contributed by atoms with E-state index in [0.717, 1.165) is 24.6 Å². The molecule has 0 aromatic carbocycles. The molecule has 0 aliphatic carbocycles. The molecule has 4 nitrogen and oxygen atoms in total. The summed E-state index contributed by atoms with van der Waals surface area (Å²) in [5, 5.41) is 6.15. The van der Waals surface area contributed by atoms with Crippen LogP contribution < -0.4 is 10.6 Å². The normalized spacial score (nSPS) is 23.0. The number of rotatable bonds is 1. The molecule has 1 aliphatic rings. The minimum atomic E-state index is -0.421. The van der Waals surface area contributed by atoms with Crippen molar-refractivity contribution in [3.8, 4) is 0 Å². The molecular formula is C10H20N2O2S. The predicted octanol–water partition coefficient (Wildman–Crippen LogP) is 1.22. The van der Waals surface area contributed by atoms with Crippen LogP contribution in [0.25, 0.3) is 0 Å². The number of nitrogens with one attached hydrogen (secondary N) is 2. The summed E-state index contributed by atoms with van der Waals surface area (Å²) < 4.78 is 5.19. The smallest absolute Gasteiger partial charge is 0.407 e. The van der Waals surface area contributed by atoms with Crippen molar-refractivity contribution in [2.75, 3.05) is 24.6 Å². The lowest BCUT2D eigenvalue weighted by atomic mass is 10.2. The first-order valence-electron chi connectivity index (χ1n) is 5.25. The zero-order chi connectivity index (χ0) is 11.3. The van der Waals surface area contributed by atoms with E-state index >= 15 is 0 Å². The second kappa shape index (κ2) is 5.61. The molecule has 1 unspecified atom stereocenters. The van der Waals surface area contributed by atoms with Gasteiger partial charge in [0, 0.05) is 24.6 Å². The van der Waals surface area contributed by atoms with Crippen LogP contribution in [0.15, 0.2) is 0 Å². The van der Waals surface area contributed by atoms with Crippen LogP contribution >= 0.6 is 11.8 Å². The second-order valence-corrected chi connectivity index (χ2v) is 5.77. The summed E-state index contributed by atoms with van der Waals surface area (Å²) in [6.45, 7) is 7.44. The number of alkyl carbamates (subject to hydrolysis) is 1. The maximum absolute atomic E-state index is 11.5. The standard InChI is InChI=1S/C10H20N2O2S/c1-10(2,3)14-9(13)12-8-6-11-4-5-15-7-8/h8,11H,4-7H2,1-3H3,(H,12,13). The minimum absolute atomic E-state index is 0.173. The van der Waals surface area contributed by atoms with Crippen LogP contribution in [0.4, 0.5) is 4.79 Å². The summed E-state index contributed by atoms with van der Waals surface area (Å²) in [4.78, 5) is 11.5. The van der Waals surface area contributed by atoms with Crippen LogP contribution in [-0.4, -0.2) is 42.3 Å². The van der Waals surface area contributed by atoms with Gasteiger partial charge in [-0.3, -0.25) is 0 Å². The molecule has 0 aromatic heterocycles. The molecule has 0 saturated carbocycles. The fraction of sp³-hybridized carbons (Fsp3) is 0.900. The molecule has 1 fully saturated rings. The van der Waals surface area contributed by atoms with Crippen molar-refractivity contribution in [3.05, 3.63) is 0 Å². The highest BCUT2D eigenvalue weighted by molar-refractivity contribution is 7.99. The monoisotopic (exact) mass is 232 g/mol. The summed E-state index contributed by atoms with van der Waals surface area (Å²) in [5.74, 6) is 2.05. The van der Waals surface area contributed by atoms with E-state index in [1.54, 1.807) is 0 Å². The molecule has 1 aliphatic heterocycles. The topological polar surface area (TPSA) is 50.4 Å². The van der Waals surface area contributed by atoms with Gasteiger partial charge in [0.15, 0.2) is 0 Å². The summed E-state index contributed by atoms with van der Waals surface area (Å²) >= 11 is 1.85. The molecule has 1 atom stereocenters. The third-order valence-electron chi connectivity index (χ3n) is 1.85. The zero-order valence-corrected chi connectivity index (χ0v) is 10.4. The van der Waals surface area contributed by atoms with Crippen molar-refractivity contribution in [2.45, 2.75) is 32.4 Å². The summed E-state index contributed by atoms with van der Waals surface area (Å²) in [7, 11) is 0. The lowest BCUT2D eigenvalue weighted by Crippen LogP contribution is -2.44. The van der Waals surface area contributed by atoms with Gasteiger partial charge < -0.3 is 15.4 Å². The van der Waals surface area contributed by atoms with Crippen LogP contribution in [0, 0.1) is 0 Å². The Bertz CT molecular complexity index is 208. The molecule has 0 bridgehead atoms. The third kappa shape index (κ3) is 5.89. The van der Waals surface area contributed by atoms with E-state index in [2.05, 4.69) is 10.6 Å². The van der Waals surface area contributed by atoms with E-state index in [-0.39, 0.29) is 12.1 Å². The Morgan fingerprint density at radius 3 is 2.93 bits per heavy atom. The average Bonchev–Trinajstić information content (AvgIpc) is 2.28. The SMILES string of the molecule is CC(C)(C)OC(=O)NC1CNCCSC1. The minimum Gasteiger partial charge on any atom is -0.444 e. The van der Waals surface area contributed by atoms with E-state index in [1.165, 1.54) is 0 Å². The highest BCUT2D eigenvalue weighted by Gasteiger charge is 2.20. The van der Waals surface area contributed by atoms with Gasteiger partial charge in [-0.2, -0.15) is 11.8 Å². The quantitative estimate of drug-likeness (QED) is 0.713. The van der Waals surface area contributed by atoms with Crippen molar-refractivity contribution in [2.24, 2.45) is 0 Å². The first-order chi connectivity index (χ1) is 6.97. The highest BCUT2D eigenvalue weighted by Crippen LogP contribution is 2.09. The Balaban J connectivity index is 2.30.